The van der Waals surface area contributed by atoms with Gasteiger partial charge in [0, 0.05) is 12.8 Å². The van der Waals surface area contributed by atoms with Gasteiger partial charge in [-0.3, -0.25) is 14.1 Å². The quantitative estimate of drug-likeness (QED) is 0.0153. The number of aliphatic hydroxyl groups is 2. The molecule has 0 amide bonds. The minimum absolute atomic E-state index is 0.00781. The zero-order valence-electron chi connectivity index (χ0n) is 36.7. The number of hydrogen-bond donors (Lipinski definition) is 4. The summed E-state index contributed by atoms with van der Waals surface area (Å²) in [4.78, 5) is 43.0. The van der Waals surface area contributed by atoms with Crippen LogP contribution in [-0.4, -0.2) is 63.5 Å². The Kier molecular flexibility index (Phi) is 40.2. The maximum atomic E-state index is 12.5. The van der Waals surface area contributed by atoms with E-state index in [1.807, 2.05) is 6.08 Å². The Morgan fingerprint density at radius 2 is 0.983 bits per heavy atom. The second-order valence-corrected chi connectivity index (χ2v) is 17.0. The summed E-state index contributed by atoms with van der Waals surface area (Å²) >= 11 is 0. The normalized spacial score (nSPS) is 14.0. The van der Waals surface area contributed by atoms with Crippen molar-refractivity contribution in [3.63, 3.8) is 0 Å². The number of hydrogen-bond acceptors (Lipinski definition) is 8. The highest BCUT2D eigenvalue weighted by Gasteiger charge is 2.23. The van der Waals surface area contributed by atoms with Gasteiger partial charge in [0.15, 0.2) is 6.10 Å². The van der Waals surface area contributed by atoms with Crippen LogP contribution in [0.4, 0.5) is 0 Å². The van der Waals surface area contributed by atoms with Crippen LogP contribution in [0, 0.1) is 0 Å². The zero-order chi connectivity index (χ0) is 42.8. The van der Waals surface area contributed by atoms with Gasteiger partial charge in [-0.2, -0.15) is 0 Å². The van der Waals surface area contributed by atoms with E-state index in [1.54, 1.807) is 36.5 Å². The van der Waals surface area contributed by atoms with Gasteiger partial charge in [0.05, 0.1) is 18.8 Å². The molecule has 0 radical (unpaired) electrons. The fourth-order valence-corrected chi connectivity index (χ4v) is 6.87. The van der Waals surface area contributed by atoms with E-state index in [0.717, 1.165) is 25.7 Å². The third-order valence-corrected chi connectivity index (χ3v) is 10.5. The van der Waals surface area contributed by atoms with E-state index >= 15 is 0 Å². The molecular formula is C47H85O10P. The van der Waals surface area contributed by atoms with Crippen molar-refractivity contribution in [2.24, 2.45) is 0 Å². The fraction of sp³-hybridized carbons (Fsp3) is 0.787. The van der Waals surface area contributed by atoms with Crippen LogP contribution in [0.25, 0.3) is 0 Å². The molecule has 3 atom stereocenters. The molecule has 0 aromatic rings. The molecule has 0 aliphatic carbocycles. The van der Waals surface area contributed by atoms with Crippen LogP contribution in [0.2, 0.25) is 0 Å². The standard InChI is InChI=1S/C47H85O10P/c1-3-5-7-9-11-12-13-14-15-16-17-18-19-20-21-22-23-24-25-27-33-39-47(51)57-45(42-56-58(52,53)54)41-55-46(50)40-34-38-44(49)37-32-29-28-31-36-43(48)35-30-26-10-8-6-4-2/h26,28-32,36-37,43-45,48-49H,3-25,27,33-35,38-42H2,1-2H3,(H2,52,53,54)/b29-28+,30-26-,36-31+,37-32-/t43-,44-,45-/m1/s1. The van der Waals surface area contributed by atoms with Crippen LogP contribution in [0.15, 0.2) is 48.6 Å². The highest BCUT2D eigenvalue weighted by molar-refractivity contribution is 7.46. The van der Waals surface area contributed by atoms with Gasteiger partial charge in [0.25, 0.3) is 0 Å². The molecular weight excluding hydrogens is 755 g/mol. The van der Waals surface area contributed by atoms with E-state index in [9.17, 15) is 24.4 Å². The number of esters is 2. The summed E-state index contributed by atoms with van der Waals surface area (Å²) in [6.45, 7) is 3.44. The van der Waals surface area contributed by atoms with Crippen molar-refractivity contribution in [2.75, 3.05) is 13.2 Å². The first kappa shape index (κ1) is 55.9. The average molecular weight is 841 g/mol. The lowest BCUT2D eigenvalue weighted by Gasteiger charge is -2.18. The Morgan fingerprint density at radius 3 is 1.48 bits per heavy atom. The molecule has 0 spiro atoms. The van der Waals surface area contributed by atoms with E-state index in [0.29, 0.717) is 25.7 Å². The van der Waals surface area contributed by atoms with E-state index in [4.69, 9.17) is 19.3 Å². The third-order valence-electron chi connectivity index (χ3n) is 10.0. The largest absolute Gasteiger partial charge is 0.469 e. The lowest BCUT2D eigenvalue weighted by molar-refractivity contribution is -0.161. The lowest BCUT2D eigenvalue weighted by Crippen LogP contribution is -2.29. The van der Waals surface area contributed by atoms with Crippen LogP contribution >= 0.6 is 7.82 Å². The van der Waals surface area contributed by atoms with E-state index < -0.39 is 51.3 Å². The minimum Gasteiger partial charge on any atom is -0.462 e. The molecule has 0 bridgehead atoms. The number of rotatable bonds is 42. The van der Waals surface area contributed by atoms with Gasteiger partial charge in [0.2, 0.25) is 0 Å². The lowest BCUT2D eigenvalue weighted by atomic mass is 10.0. The third kappa shape index (κ3) is 43.5. The molecule has 338 valence electrons. The number of phosphoric acid groups is 1. The Bertz CT molecular complexity index is 1110. The molecule has 0 aliphatic rings. The Hall–Kier alpha value is -2.07. The minimum atomic E-state index is -4.82. The monoisotopic (exact) mass is 841 g/mol. The maximum absolute atomic E-state index is 12.5. The van der Waals surface area contributed by atoms with Gasteiger partial charge in [-0.25, -0.2) is 4.57 Å². The first-order chi connectivity index (χ1) is 28.1. The molecule has 0 aromatic heterocycles. The van der Waals surface area contributed by atoms with Crippen molar-refractivity contribution in [1.82, 2.24) is 0 Å². The van der Waals surface area contributed by atoms with E-state index in [-0.39, 0.29) is 12.8 Å². The second kappa shape index (κ2) is 41.7. The molecule has 0 rings (SSSR count). The zero-order valence-corrected chi connectivity index (χ0v) is 37.6. The molecule has 4 N–H and O–H groups in total. The van der Waals surface area contributed by atoms with E-state index in [1.165, 1.54) is 128 Å². The van der Waals surface area contributed by atoms with Crippen molar-refractivity contribution >= 4 is 19.8 Å². The summed E-state index contributed by atoms with van der Waals surface area (Å²) in [7, 11) is -4.82. The van der Waals surface area contributed by atoms with Crippen LogP contribution in [0.5, 0.6) is 0 Å². The molecule has 58 heavy (non-hydrogen) atoms. The molecule has 0 unspecified atom stereocenters. The maximum Gasteiger partial charge on any atom is 0.469 e. The molecule has 0 aromatic carbocycles. The van der Waals surface area contributed by atoms with Gasteiger partial charge in [-0.05, 0) is 38.5 Å². The first-order valence-corrected chi connectivity index (χ1v) is 24.7. The van der Waals surface area contributed by atoms with Gasteiger partial charge in [-0.1, -0.05) is 204 Å². The van der Waals surface area contributed by atoms with Crippen molar-refractivity contribution < 1.29 is 48.2 Å². The number of ether oxygens (including phenoxy) is 2. The van der Waals surface area contributed by atoms with Crippen molar-refractivity contribution in [2.45, 2.75) is 225 Å². The van der Waals surface area contributed by atoms with Crippen LogP contribution in [0.1, 0.15) is 206 Å². The molecule has 10 nitrogen and oxygen atoms in total. The first-order valence-electron chi connectivity index (χ1n) is 23.1. The molecule has 0 saturated heterocycles. The van der Waals surface area contributed by atoms with Crippen LogP contribution < -0.4 is 0 Å². The SMILES string of the molecule is CCCCC/C=C\C[C@@H](O)/C=C/C=C/C=C\[C@@H](O)CCCC(=O)OC[C@H](COP(=O)(O)O)OC(=O)CCCCCCCCCCCCCCCCCCCCCCC. The predicted octanol–water partition coefficient (Wildman–Crippen LogP) is 12.2. The van der Waals surface area contributed by atoms with Gasteiger partial charge >= 0.3 is 19.8 Å². The highest BCUT2D eigenvalue weighted by Crippen LogP contribution is 2.36. The molecule has 0 heterocycles. The molecule has 0 aliphatic heterocycles. The number of carbonyl (C=O) groups excluding carboxylic acids is 2. The van der Waals surface area contributed by atoms with Gasteiger partial charge < -0.3 is 29.5 Å². The topological polar surface area (TPSA) is 160 Å². The molecule has 0 fully saturated rings. The fourth-order valence-electron chi connectivity index (χ4n) is 6.51. The summed E-state index contributed by atoms with van der Waals surface area (Å²) in [5, 5.41) is 20.2. The summed E-state index contributed by atoms with van der Waals surface area (Å²) in [6.07, 6.45) is 44.7. The Labute approximate surface area is 353 Å². The Morgan fingerprint density at radius 1 is 0.534 bits per heavy atom. The number of phosphoric ester groups is 1. The van der Waals surface area contributed by atoms with Crippen LogP contribution in [0.3, 0.4) is 0 Å². The average Bonchev–Trinajstić information content (AvgIpc) is 3.18. The Balaban J connectivity index is 4.06. The number of aliphatic hydroxyl groups excluding tert-OH is 2. The predicted molar refractivity (Wildman–Crippen MR) is 237 cm³/mol. The summed E-state index contributed by atoms with van der Waals surface area (Å²) in [5.74, 6) is -1.12. The van der Waals surface area contributed by atoms with Crippen molar-refractivity contribution in [3.05, 3.63) is 48.6 Å². The van der Waals surface area contributed by atoms with Crippen LogP contribution in [-0.2, 0) is 28.2 Å². The van der Waals surface area contributed by atoms with Crippen molar-refractivity contribution in [3.8, 4) is 0 Å². The summed E-state index contributed by atoms with van der Waals surface area (Å²) in [5.41, 5.74) is 0. The number of unbranched alkanes of at least 4 members (excludes halogenated alkanes) is 23. The van der Waals surface area contributed by atoms with Gasteiger partial charge in [-0.15, -0.1) is 0 Å². The number of carbonyl (C=O) groups is 2. The van der Waals surface area contributed by atoms with E-state index in [2.05, 4.69) is 24.4 Å². The second-order valence-electron chi connectivity index (χ2n) is 15.8. The molecule has 0 saturated carbocycles. The number of allylic oxidation sites excluding steroid dienone is 5. The van der Waals surface area contributed by atoms with Crippen molar-refractivity contribution in [1.29, 1.82) is 0 Å². The molecule has 11 heteroatoms. The summed E-state index contributed by atoms with van der Waals surface area (Å²) in [6, 6.07) is 0. The smallest absolute Gasteiger partial charge is 0.462 e. The highest BCUT2D eigenvalue weighted by atomic mass is 31.2. The van der Waals surface area contributed by atoms with Gasteiger partial charge in [0.1, 0.15) is 6.61 Å². The summed E-state index contributed by atoms with van der Waals surface area (Å²) < 4.78 is 26.3.